The number of carbonyl (C=O) groups is 4. The second kappa shape index (κ2) is 13.7. The van der Waals surface area contributed by atoms with E-state index in [1.54, 1.807) is 17.1 Å². The second-order valence-corrected chi connectivity index (χ2v) is 13.8. The minimum absolute atomic E-state index is 0.0603. The summed E-state index contributed by atoms with van der Waals surface area (Å²) in [6.45, 7) is 7.78. The summed E-state index contributed by atoms with van der Waals surface area (Å²) in [5, 5.41) is 13.6. The fourth-order valence-corrected chi connectivity index (χ4v) is 7.76. The van der Waals surface area contributed by atoms with Crippen molar-refractivity contribution >= 4 is 29.4 Å². The number of esters is 1. The summed E-state index contributed by atoms with van der Waals surface area (Å²) in [4.78, 5) is 60.1. The van der Waals surface area contributed by atoms with Gasteiger partial charge in [0.05, 0.1) is 31.2 Å². The van der Waals surface area contributed by atoms with Crippen LogP contribution in [-0.2, 0) is 28.7 Å². The minimum Gasteiger partial charge on any atom is -0.455 e. The zero-order chi connectivity index (χ0) is 34.2. The number of carbonyl (C=O) groups excluding carboxylic acids is 4. The summed E-state index contributed by atoms with van der Waals surface area (Å²) in [5.74, 6) is -3.55. The summed E-state index contributed by atoms with van der Waals surface area (Å²) in [7, 11) is 0. The van der Waals surface area contributed by atoms with Gasteiger partial charge in [-0.25, -0.2) is 0 Å². The predicted molar refractivity (Wildman–Crippen MR) is 180 cm³/mol. The van der Waals surface area contributed by atoms with E-state index in [1.807, 2.05) is 88.4 Å². The number of nitrogens with zero attached hydrogens (tertiary/aromatic N) is 2. The lowest BCUT2D eigenvalue weighted by atomic mass is 9.74. The van der Waals surface area contributed by atoms with Crippen LogP contribution < -0.4 is 10.2 Å². The number of likely N-dealkylation sites (tertiary alicyclic amines) is 1. The van der Waals surface area contributed by atoms with Crippen molar-refractivity contribution in [3.05, 3.63) is 89.5 Å². The van der Waals surface area contributed by atoms with Crippen molar-refractivity contribution in [1.82, 2.24) is 10.2 Å². The molecule has 254 valence electrons. The fourth-order valence-electron chi connectivity index (χ4n) is 7.76. The standard InChI is InChI=1S/C38H45N3O7/c1-23(2)19-27(22-42)41-34-36(45)40(28-20-24(3)14-15-25(28)4)18-10-6-9-13-31(43)39-21-30(26-11-7-5-8-12-26)47-37(46)32-29-16-17-38(34,48-29)33(32)35(41)44/h5-8,10-12,14-17,20,23,27,29-30,32-34,42H,9,13,18-19,21-22H2,1-4H3,(H,39,43)/b10-6-/t27-,29+,30+,32-,33-,34+,38-/m1/s1. The first kappa shape index (κ1) is 33.6. The van der Waals surface area contributed by atoms with Crippen LogP contribution in [0.15, 0.2) is 72.8 Å². The summed E-state index contributed by atoms with van der Waals surface area (Å²) in [6, 6.07) is 13.2. The molecule has 4 aliphatic rings. The van der Waals surface area contributed by atoms with E-state index in [0.29, 0.717) is 24.1 Å². The average molecular weight is 656 g/mol. The van der Waals surface area contributed by atoms with Gasteiger partial charge in [-0.3, -0.25) is 19.2 Å². The molecule has 0 aliphatic carbocycles. The topological polar surface area (TPSA) is 125 Å². The van der Waals surface area contributed by atoms with Crippen molar-refractivity contribution in [2.24, 2.45) is 17.8 Å². The molecule has 3 amide bonds. The molecule has 7 atom stereocenters. The molecule has 10 heteroatoms. The summed E-state index contributed by atoms with van der Waals surface area (Å²) in [5.41, 5.74) is 1.79. The summed E-state index contributed by atoms with van der Waals surface area (Å²) < 4.78 is 12.7. The number of aliphatic hydroxyl groups excluding tert-OH is 1. The molecule has 4 aliphatic heterocycles. The number of anilines is 1. The van der Waals surface area contributed by atoms with Crippen molar-refractivity contribution < 1.29 is 33.8 Å². The molecule has 0 saturated carbocycles. The number of cyclic esters (lactones) is 1. The number of rotatable bonds is 6. The molecule has 0 aromatic heterocycles. The van der Waals surface area contributed by atoms with Gasteiger partial charge in [0.25, 0.3) is 5.91 Å². The number of aliphatic hydroxyl groups is 1. The maximum Gasteiger partial charge on any atom is 0.313 e. The monoisotopic (exact) mass is 655 g/mol. The normalized spacial score (nSPS) is 30.4. The van der Waals surface area contributed by atoms with Crippen molar-refractivity contribution in [3.63, 3.8) is 0 Å². The molecule has 1 spiro atoms. The van der Waals surface area contributed by atoms with E-state index in [-0.39, 0.29) is 43.8 Å². The van der Waals surface area contributed by atoms with Gasteiger partial charge in [0.1, 0.15) is 23.7 Å². The Labute approximate surface area is 281 Å². The van der Waals surface area contributed by atoms with E-state index in [1.165, 1.54) is 4.90 Å². The number of hydrogen-bond donors (Lipinski definition) is 2. The first-order chi connectivity index (χ1) is 23.1. The highest BCUT2D eigenvalue weighted by Crippen LogP contribution is 2.56. The number of benzene rings is 2. The number of amides is 3. The number of ether oxygens (including phenoxy) is 2. The number of allylic oxidation sites excluding steroid dienone is 1. The van der Waals surface area contributed by atoms with Crippen LogP contribution in [0.2, 0.25) is 0 Å². The van der Waals surface area contributed by atoms with Gasteiger partial charge in [0.15, 0.2) is 0 Å². The zero-order valence-corrected chi connectivity index (χ0v) is 28.0. The van der Waals surface area contributed by atoms with Gasteiger partial charge >= 0.3 is 5.97 Å². The van der Waals surface area contributed by atoms with E-state index >= 15 is 4.79 Å². The molecule has 5 bridgehead atoms. The van der Waals surface area contributed by atoms with E-state index in [2.05, 4.69) is 5.32 Å². The van der Waals surface area contributed by atoms with Gasteiger partial charge in [-0.1, -0.05) is 80.6 Å². The Kier molecular flexibility index (Phi) is 9.58. The van der Waals surface area contributed by atoms with Crippen LogP contribution in [0.25, 0.3) is 0 Å². The van der Waals surface area contributed by atoms with E-state index in [4.69, 9.17) is 9.47 Å². The molecule has 4 heterocycles. The number of hydrogen-bond acceptors (Lipinski definition) is 7. The van der Waals surface area contributed by atoms with Crippen LogP contribution >= 0.6 is 0 Å². The molecule has 6 rings (SSSR count). The Morgan fingerprint density at radius 1 is 1.02 bits per heavy atom. The Morgan fingerprint density at radius 2 is 1.79 bits per heavy atom. The van der Waals surface area contributed by atoms with Crippen LogP contribution in [0.5, 0.6) is 0 Å². The lowest BCUT2D eigenvalue weighted by molar-refractivity contribution is -0.160. The minimum atomic E-state index is -1.43. The third-order valence-corrected chi connectivity index (χ3v) is 9.99. The summed E-state index contributed by atoms with van der Waals surface area (Å²) in [6.07, 6.45) is 6.80. The quantitative estimate of drug-likeness (QED) is 0.357. The highest BCUT2D eigenvalue weighted by Gasteiger charge is 2.74. The molecule has 0 radical (unpaired) electrons. The van der Waals surface area contributed by atoms with Crippen LogP contribution in [0, 0.1) is 31.6 Å². The van der Waals surface area contributed by atoms with E-state index in [0.717, 1.165) is 11.1 Å². The number of nitrogens with one attached hydrogen (secondary N) is 1. The van der Waals surface area contributed by atoms with Gasteiger partial charge in [-0.2, -0.15) is 0 Å². The van der Waals surface area contributed by atoms with Gasteiger partial charge in [-0.05, 0) is 55.4 Å². The molecule has 2 aromatic rings. The third kappa shape index (κ3) is 6.07. The van der Waals surface area contributed by atoms with Crippen molar-refractivity contribution in [1.29, 1.82) is 0 Å². The van der Waals surface area contributed by atoms with Gasteiger partial charge in [0, 0.05) is 18.7 Å². The van der Waals surface area contributed by atoms with Crippen LogP contribution in [0.1, 0.15) is 55.9 Å². The average Bonchev–Trinajstić information content (AvgIpc) is 3.71. The highest BCUT2D eigenvalue weighted by molar-refractivity contribution is 6.05. The summed E-state index contributed by atoms with van der Waals surface area (Å²) >= 11 is 0. The maximum absolute atomic E-state index is 15.1. The molecule has 2 aromatic carbocycles. The molecule has 2 N–H and O–H groups in total. The Bertz CT molecular complexity index is 1620. The molecule has 0 unspecified atom stereocenters. The van der Waals surface area contributed by atoms with Gasteiger partial charge in [-0.15, -0.1) is 0 Å². The first-order valence-corrected chi connectivity index (χ1v) is 16.9. The lowest BCUT2D eigenvalue weighted by Gasteiger charge is -2.39. The molecule has 2 fully saturated rings. The van der Waals surface area contributed by atoms with Crippen molar-refractivity contribution in [2.75, 3.05) is 24.6 Å². The van der Waals surface area contributed by atoms with Crippen LogP contribution in [-0.4, -0.2) is 77.2 Å². The Balaban J connectivity index is 1.48. The molecular weight excluding hydrogens is 610 g/mol. The maximum atomic E-state index is 15.1. The molecule has 10 nitrogen and oxygen atoms in total. The van der Waals surface area contributed by atoms with Gasteiger partial charge < -0.3 is 29.7 Å². The Hall–Kier alpha value is -4.28. The zero-order valence-electron chi connectivity index (χ0n) is 28.0. The smallest absolute Gasteiger partial charge is 0.313 e. The number of fused-ring (bicyclic) bond motifs is 2. The number of aryl methyl sites for hydroxylation is 2. The van der Waals surface area contributed by atoms with Crippen LogP contribution in [0.3, 0.4) is 0 Å². The second-order valence-electron chi connectivity index (χ2n) is 13.8. The predicted octanol–water partition coefficient (Wildman–Crippen LogP) is 3.94. The lowest BCUT2D eigenvalue weighted by Crippen LogP contribution is -2.59. The largest absolute Gasteiger partial charge is 0.455 e. The van der Waals surface area contributed by atoms with Crippen molar-refractivity contribution in [3.8, 4) is 0 Å². The first-order valence-electron chi connectivity index (χ1n) is 16.9. The Morgan fingerprint density at radius 3 is 2.52 bits per heavy atom. The molecule has 2 saturated heterocycles. The van der Waals surface area contributed by atoms with Crippen LogP contribution in [0.4, 0.5) is 5.69 Å². The highest BCUT2D eigenvalue weighted by atomic mass is 16.6. The van der Waals surface area contributed by atoms with Gasteiger partial charge in [0.2, 0.25) is 11.8 Å². The van der Waals surface area contributed by atoms with Crippen molar-refractivity contribution in [2.45, 2.75) is 76.9 Å². The third-order valence-electron chi connectivity index (χ3n) is 9.99. The van der Waals surface area contributed by atoms with E-state index in [9.17, 15) is 19.5 Å². The fraction of sp³-hybridized carbons (Fsp3) is 0.474. The SMILES string of the molecule is Cc1ccc(C)c(N2C/C=C\CCC(=O)NC[C@@H](c3ccccc3)OC(=O)[C@@H]3[C@@H]4C=C[C@]5(O4)[C@H](C2=O)N([C@@H](CO)CC(C)C)C(=O)[C@@H]35)c1. The molecular formula is C38H45N3O7. The molecule has 48 heavy (non-hydrogen) atoms. The van der Waals surface area contributed by atoms with E-state index < -0.39 is 53.6 Å².